The van der Waals surface area contributed by atoms with E-state index in [0.717, 1.165) is 40.4 Å². The van der Waals surface area contributed by atoms with Gasteiger partial charge in [-0.15, -0.1) is 0 Å². The molecule has 30 heavy (non-hydrogen) atoms. The first kappa shape index (κ1) is 20.2. The minimum Gasteiger partial charge on any atom is -0.325 e. The van der Waals surface area contributed by atoms with Crippen LogP contribution in [0.15, 0.2) is 78.0 Å². The summed E-state index contributed by atoms with van der Waals surface area (Å²) in [5, 5.41) is 3.96. The van der Waals surface area contributed by atoms with Gasteiger partial charge in [-0.3, -0.25) is 9.36 Å². The number of para-hydroxylation sites is 4. The molecule has 4 nitrogen and oxygen atoms in total. The Bertz CT molecular complexity index is 1150. The van der Waals surface area contributed by atoms with E-state index in [0.29, 0.717) is 5.75 Å². The van der Waals surface area contributed by atoms with Crippen molar-refractivity contribution in [2.24, 2.45) is 0 Å². The Morgan fingerprint density at radius 3 is 2.27 bits per heavy atom. The summed E-state index contributed by atoms with van der Waals surface area (Å²) in [6.07, 6.45) is 1.78. The molecule has 1 N–H and O–H groups in total. The minimum atomic E-state index is -0.0118. The normalized spacial score (nSPS) is 11.0. The summed E-state index contributed by atoms with van der Waals surface area (Å²) < 4.78 is 2.12. The number of aromatic nitrogens is 2. The van der Waals surface area contributed by atoms with Crippen LogP contribution in [0.3, 0.4) is 0 Å². The van der Waals surface area contributed by atoms with E-state index in [2.05, 4.69) is 60.1 Å². The largest absolute Gasteiger partial charge is 0.325 e. The monoisotopic (exact) mass is 415 g/mol. The number of rotatable bonds is 7. The van der Waals surface area contributed by atoms with Crippen molar-refractivity contribution in [3.63, 3.8) is 0 Å². The van der Waals surface area contributed by atoms with E-state index in [-0.39, 0.29) is 5.91 Å². The van der Waals surface area contributed by atoms with Crippen LogP contribution >= 0.6 is 11.8 Å². The number of imidazole rings is 1. The second kappa shape index (κ2) is 9.18. The molecule has 0 fully saturated rings. The zero-order chi connectivity index (χ0) is 20.9. The Labute approximate surface area is 181 Å². The molecule has 4 aromatic rings. The summed E-state index contributed by atoms with van der Waals surface area (Å²) in [5.41, 5.74) is 6.31. The quantitative estimate of drug-likeness (QED) is 0.383. The molecule has 5 heteroatoms. The first-order valence-corrected chi connectivity index (χ1v) is 11.3. The second-order valence-electron chi connectivity index (χ2n) is 7.05. The van der Waals surface area contributed by atoms with Gasteiger partial charge in [0.2, 0.25) is 5.91 Å². The number of hydrogen-bond donors (Lipinski definition) is 1. The molecule has 0 aliphatic heterocycles. The molecule has 1 heterocycles. The molecule has 0 unspecified atom stereocenters. The van der Waals surface area contributed by atoms with E-state index in [1.807, 2.05) is 36.4 Å². The first-order chi connectivity index (χ1) is 14.7. The Hall–Kier alpha value is -3.05. The van der Waals surface area contributed by atoms with Crippen LogP contribution in [0.25, 0.3) is 16.7 Å². The van der Waals surface area contributed by atoms with Crippen LogP contribution in [0.1, 0.15) is 25.0 Å². The number of nitrogens with one attached hydrogen (secondary N) is 1. The zero-order valence-corrected chi connectivity index (χ0v) is 18.1. The Balaban J connectivity index is 1.58. The number of amides is 1. The van der Waals surface area contributed by atoms with Crippen LogP contribution in [-0.2, 0) is 17.6 Å². The number of benzene rings is 3. The molecule has 0 aliphatic carbocycles. The van der Waals surface area contributed by atoms with Crippen molar-refractivity contribution in [2.45, 2.75) is 31.8 Å². The number of anilines is 1. The van der Waals surface area contributed by atoms with E-state index in [1.165, 1.54) is 22.9 Å². The molecule has 0 saturated carbocycles. The summed E-state index contributed by atoms with van der Waals surface area (Å²) >= 11 is 1.46. The van der Waals surface area contributed by atoms with Crippen LogP contribution in [0.5, 0.6) is 0 Å². The van der Waals surface area contributed by atoms with Gasteiger partial charge in [-0.05, 0) is 48.2 Å². The highest BCUT2D eigenvalue weighted by atomic mass is 32.2. The third-order valence-electron chi connectivity index (χ3n) is 5.14. The maximum atomic E-state index is 12.8. The lowest BCUT2D eigenvalue weighted by molar-refractivity contribution is -0.113. The molecule has 0 radical (unpaired) electrons. The first-order valence-electron chi connectivity index (χ1n) is 10.3. The zero-order valence-electron chi connectivity index (χ0n) is 17.3. The highest BCUT2D eigenvalue weighted by Gasteiger charge is 2.15. The summed E-state index contributed by atoms with van der Waals surface area (Å²) in [6.45, 7) is 4.22. The average Bonchev–Trinajstić information content (AvgIpc) is 3.17. The number of nitrogens with zero attached hydrogens (tertiary/aromatic N) is 2. The Kier molecular flexibility index (Phi) is 6.19. The lowest BCUT2D eigenvalue weighted by Gasteiger charge is -2.14. The number of carbonyl (C=O) groups excluding carboxylic acids is 1. The van der Waals surface area contributed by atoms with E-state index in [1.54, 1.807) is 0 Å². The van der Waals surface area contributed by atoms with Gasteiger partial charge in [0.05, 0.1) is 16.8 Å². The van der Waals surface area contributed by atoms with Crippen molar-refractivity contribution in [3.05, 3.63) is 83.9 Å². The Morgan fingerprint density at radius 1 is 0.900 bits per heavy atom. The number of fused-ring (bicyclic) bond motifs is 1. The minimum absolute atomic E-state index is 0.0118. The summed E-state index contributed by atoms with van der Waals surface area (Å²) in [5.74, 6) is 0.291. The van der Waals surface area contributed by atoms with Crippen LogP contribution in [-0.4, -0.2) is 21.2 Å². The van der Waals surface area contributed by atoms with Gasteiger partial charge >= 0.3 is 0 Å². The second-order valence-corrected chi connectivity index (χ2v) is 7.99. The van der Waals surface area contributed by atoms with E-state index in [4.69, 9.17) is 4.98 Å². The maximum absolute atomic E-state index is 12.8. The van der Waals surface area contributed by atoms with Crippen LogP contribution in [0.4, 0.5) is 5.69 Å². The Morgan fingerprint density at radius 2 is 1.57 bits per heavy atom. The van der Waals surface area contributed by atoms with E-state index < -0.39 is 0 Å². The van der Waals surface area contributed by atoms with Gasteiger partial charge in [0, 0.05) is 11.4 Å². The molecular formula is C25H25N3OS. The molecule has 1 amide bonds. The highest BCUT2D eigenvalue weighted by molar-refractivity contribution is 7.99. The van der Waals surface area contributed by atoms with Crippen molar-refractivity contribution in [3.8, 4) is 5.69 Å². The van der Waals surface area contributed by atoms with Crippen molar-refractivity contribution < 1.29 is 4.79 Å². The number of hydrogen-bond acceptors (Lipinski definition) is 3. The van der Waals surface area contributed by atoms with Gasteiger partial charge in [-0.1, -0.05) is 74.1 Å². The lowest BCUT2D eigenvalue weighted by atomic mass is 10.0. The lowest BCUT2D eigenvalue weighted by Crippen LogP contribution is -2.17. The number of aryl methyl sites for hydroxylation is 2. The molecule has 0 spiro atoms. The molecule has 0 atom stereocenters. The summed E-state index contributed by atoms with van der Waals surface area (Å²) in [4.78, 5) is 17.6. The van der Waals surface area contributed by atoms with Gasteiger partial charge in [0.15, 0.2) is 5.16 Å². The summed E-state index contributed by atoms with van der Waals surface area (Å²) in [6, 6.07) is 24.4. The van der Waals surface area contributed by atoms with Crippen LogP contribution in [0, 0.1) is 0 Å². The van der Waals surface area contributed by atoms with Gasteiger partial charge in [-0.25, -0.2) is 4.98 Å². The average molecular weight is 416 g/mol. The smallest absolute Gasteiger partial charge is 0.234 e. The predicted octanol–water partition coefficient (Wildman–Crippen LogP) is 5.88. The fraction of sp³-hybridized carbons (Fsp3) is 0.200. The van der Waals surface area contributed by atoms with Crippen molar-refractivity contribution in [1.82, 2.24) is 9.55 Å². The molecule has 4 rings (SSSR count). The standard InChI is InChI=1S/C25H25N3OS/c1-3-18-11-10-12-19(4-2)24(18)27-23(29)17-30-25-26-21-15-8-9-16-22(21)28(25)20-13-6-5-7-14-20/h5-16H,3-4,17H2,1-2H3,(H,27,29). The highest BCUT2D eigenvalue weighted by Crippen LogP contribution is 2.28. The van der Waals surface area contributed by atoms with Gasteiger partial charge in [0.25, 0.3) is 0 Å². The fourth-order valence-electron chi connectivity index (χ4n) is 3.64. The van der Waals surface area contributed by atoms with Gasteiger partial charge in [-0.2, -0.15) is 0 Å². The number of thioether (sulfide) groups is 1. The maximum Gasteiger partial charge on any atom is 0.234 e. The van der Waals surface area contributed by atoms with Crippen molar-refractivity contribution in [2.75, 3.05) is 11.1 Å². The fourth-order valence-corrected chi connectivity index (χ4v) is 4.46. The van der Waals surface area contributed by atoms with Crippen molar-refractivity contribution in [1.29, 1.82) is 0 Å². The molecule has 0 saturated heterocycles. The molecule has 0 bridgehead atoms. The topological polar surface area (TPSA) is 46.9 Å². The third-order valence-corrected chi connectivity index (χ3v) is 6.08. The third kappa shape index (κ3) is 4.12. The van der Waals surface area contributed by atoms with Gasteiger partial charge < -0.3 is 5.32 Å². The molecule has 0 aliphatic rings. The molecular weight excluding hydrogens is 390 g/mol. The van der Waals surface area contributed by atoms with Crippen LogP contribution in [0.2, 0.25) is 0 Å². The van der Waals surface area contributed by atoms with Crippen molar-refractivity contribution >= 4 is 34.4 Å². The predicted molar refractivity (Wildman–Crippen MR) is 126 cm³/mol. The van der Waals surface area contributed by atoms with Crippen LogP contribution < -0.4 is 5.32 Å². The van der Waals surface area contributed by atoms with Gasteiger partial charge in [0.1, 0.15) is 0 Å². The molecule has 3 aromatic carbocycles. The molecule has 152 valence electrons. The summed E-state index contributed by atoms with van der Waals surface area (Å²) in [7, 11) is 0. The van der Waals surface area contributed by atoms with E-state index >= 15 is 0 Å². The van der Waals surface area contributed by atoms with E-state index in [9.17, 15) is 4.79 Å². The molecule has 1 aromatic heterocycles. The SMILES string of the molecule is CCc1cccc(CC)c1NC(=O)CSc1nc2ccccc2n1-c1ccccc1. The number of carbonyl (C=O) groups is 1.